The van der Waals surface area contributed by atoms with Gasteiger partial charge in [-0.3, -0.25) is 0 Å². The Kier molecular flexibility index (Phi) is 8.19. The van der Waals surface area contributed by atoms with Gasteiger partial charge in [0.2, 0.25) is 0 Å². The Morgan fingerprint density at radius 1 is 0.310 bits per heavy atom. The first-order valence-electron chi connectivity index (χ1n) is 19.9. The molecule has 0 aliphatic rings. The predicted octanol–water partition coefficient (Wildman–Crippen LogP) is 15.6. The smallest absolute Gasteiger partial charge is 0.0547 e. The molecule has 0 saturated heterocycles. The number of rotatable bonds is 7. The van der Waals surface area contributed by atoms with Crippen LogP contribution < -0.4 is 4.90 Å². The summed E-state index contributed by atoms with van der Waals surface area (Å²) >= 11 is 0. The molecule has 2 nitrogen and oxygen atoms in total. The summed E-state index contributed by atoms with van der Waals surface area (Å²) in [7, 11) is 0. The monoisotopic (exact) mass is 738 g/mol. The van der Waals surface area contributed by atoms with Crippen molar-refractivity contribution in [2.45, 2.75) is 0 Å². The highest BCUT2D eigenvalue weighted by Crippen LogP contribution is 2.48. The van der Waals surface area contributed by atoms with Crippen LogP contribution in [0.5, 0.6) is 0 Å². The molecular weight excluding hydrogens is 701 g/mol. The molecule has 11 aromatic rings. The molecule has 0 saturated carbocycles. The fourth-order valence-corrected chi connectivity index (χ4v) is 8.94. The van der Waals surface area contributed by atoms with Gasteiger partial charge in [0.15, 0.2) is 0 Å². The van der Waals surface area contributed by atoms with Crippen LogP contribution in [0.2, 0.25) is 0 Å². The van der Waals surface area contributed by atoms with Crippen LogP contribution in [0.25, 0.3) is 82.4 Å². The van der Waals surface area contributed by atoms with Gasteiger partial charge in [-0.2, -0.15) is 0 Å². The van der Waals surface area contributed by atoms with Crippen LogP contribution >= 0.6 is 0 Å². The zero-order valence-electron chi connectivity index (χ0n) is 31.8. The second-order valence-electron chi connectivity index (χ2n) is 14.9. The zero-order chi connectivity index (χ0) is 38.4. The fourth-order valence-electron chi connectivity index (χ4n) is 8.94. The summed E-state index contributed by atoms with van der Waals surface area (Å²) in [5.41, 5.74) is 14.0. The summed E-state index contributed by atoms with van der Waals surface area (Å²) in [5.74, 6) is 0. The van der Waals surface area contributed by atoms with E-state index in [2.05, 4.69) is 240 Å². The first-order chi connectivity index (χ1) is 28.8. The van der Waals surface area contributed by atoms with Crippen molar-refractivity contribution in [2.75, 3.05) is 4.90 Å². The maximum Gasteiger partial charge on any atom is 0.0547 e. The molecule has 0 unspecified atom stereocenters. The quantitative estimate of drug-likeness (QED) is 0.158. The lowest BCUT2D eigenvalue weighted by molar-refractivity contribution is 1.18. The number of para-hydroxylation sites is 4. The van der Waals surface area contributed by atoms with E-state index in [4.69, 9.17) is 0 Å². The second kappa shape index (κ2) is 14.1. The lowest BCUT2D eigenvalue weighted by Gasteiger charge is -2.30. The first-order valence-corrected chi connectivity index (χ1v) is 19.9. The molecule has 0 aliphatic heterocycles. The van der Waals surface area contributed by atoms with Gasteiger partial charge in [-0.05, 0) is 98.4 Å². The van der Waals surface area contributed by atoms with Crippen LogP contribution in [0, 0.1) is 0 Å². The molecule has 0 fully saturated rings. The molecule has 1 aromatic heterocycles. The molecule has 0 N–H and O–H groups in total. The van der Waals surface area contributed by atoms with Crippen molar-refractivity contribution >= 4 is 60.4 Å². The zero-order valence-corrected chi connectivity index (χ0v) is 31.8. The number of benzene rings is 10. The van der Waals surface area contributed by atoms with Crippen LogP contribution in [-0.2, 0) is 0 Å². The van der Waals surface area contributed by atoms with Gasteiger partial charge in [0.25, 0.3) is 0 Å². The maximum atomic E-state index is 2.46. The Balaban J connectivity index is 1.15. The van der Waals surface area contributed by atoms with Gasteiger partial charge < -0.3 is 9.47 Å². The van der Waals surface area contributed by atoms with Crippen molar-refractivity contribution in [3.8, 4) is 39.1 Å². The van der Waals surface area contributed by atoms with Crippen molar-refractivity contribution in [3.63, 3.8) is 0 Å². The summed E-state index contributed by atoms with van der Waals surface area (Å²) in [6, 6.07) is 83.8. The minimum absolute atomic E-state index is 1.09. The largest absolute Gasteiger partial charge is 0.309 e. The van der Waals surface area contributed by atoms with E-state index in [1.165, 1.54) is 71.2 Å². The molecule has 0 aliphatic carbocycles. The number of anilines is 3. The Morgan fingerprint density at radius 2 is 0.862 bits per heavy atom. The maximum absolute atomic E-state index is 2.46. The van der Waals surface area contributed by atoms with Crippen LogP contribution in [0.3, 0.4) is 0 Å². The van der Waals surface area contributed by atoms with E-state index in [0.29, 0.717) is 0 Å². The number of hydrogen-bond acceptors (Lipinski definition) is 1. The summed E-state index contributed by atoms with van der Waals surface area (Å²) < 4.78 is 2.40. The second-order valence-corrected chi connectivity index (χ2v) is 14.9. The number of hydrogen-bond donors (Lipinski definition) is 0. The van der Waals surface area contributed by atoms with E-state index >= 15 is 0 Å². The van der Waals surface area contributed by atoms with Crippen LogP contribution in [0.4, 0.5) is 17.1 Å². The third-order valence-corrected chi connectivity index (χ3v) is 11.6. The molecule has 0 radical (unpaired) electrons. The summed E-state index contributed by atoms with van der Waals surface area (Å²) in [6.45, 7) is 0. The number of fused-ring (bicyclic) bond motifs is 5. The van der Waals surface area contributed by atoms with Crippen LogP contribution in [0.1, 0.15) is 0 Å². The molecule has 0 amide bonds. The van der Waals surface area contributed by atoms with E-state index < -0.39 is 0 Å². The standard InChI is InChI=1S/C56H38N2/c1-2-20-44(21-3-1)58-54-30-13-10-25-51(54)56-50(27-15-31-55(56)58)49-24-9-12-29-53(49)57(45-36-34-41(35-37-45)47-26-14-19-40-17-6-7-22-46(40)47)52-28-11-8-23-48(52)43-33-32-39-16-4-5-18-42(39)38-43/h1-38H. The topological polar surface area (TPSA) is 8.17 Å². The van der Waals surface area contributed by atoms with E-state index in [1.807, 2.05) is 0 Å². The average Bonchev–Trinajstić information content (AvgIpc) is 3.64. The Hall–Kier alpha value is -7.68. The third-order valence-electron chi connectivity index (χ3n) is 11.6. The molecule has 11 rings (SSSR count). The minimum atomic E-state index is 1.09. The highest BCUT2D eigenvalue weighted by Gasteiger charge is 2.23. The predicted molar refractivity (Wildman–Crippen MR) is 247 cm³/mol. The molecule has 0 atom stereocenters. The molecule has 10 aromatic carbocycles. The van der Waals surface area contributed by atoms with Gasteiger partial charge in [0.05, 0.1) is 22.4 Å². The van der Waals surface area contributed by atoms with Crippen molar-refractivity contribution < 1.29 is 0 Å². The van der Waals surface area contributed by atoms with Crippen LogP contribution in [-0.4, -0.2) is 4.57 Å². The fraction of sp³-hybridized carbons (Fsp3) is 0. The van der Waals surface area contributed by atoms with Crippen molar-refractivity contribution in [1.29, 1.82) is 0 Å². The van der Waals surface area contributed by atoms with Crippen molar-refractivity contribution in [1.82, 2.24) is 4.57 Å². The Bertz CT molecular complexity index is 3280. The van der Waals surface area contributed by atoms with Crippen molar-refractivity contribution in [2.24, 2.45) is 0 Å². The molecule has 0 spiro atoms. The molecule has 58 heavy (non-hydrogen) atoms. The van der Waals surface area contributed by atoms with Gasteiger partial charge in [-0.1, -0.05) is 176 Å². The van der Waals surface area contributed by atoms with E-state index in [9.17, 15) is 0 Å². The number of nitrogens with zero attached hydrogens (tertiary/aromatic N) is 2. The molecular formula is C56H38N2. The van der Waals surface area contributed by atoms with Gasteiger partial charge >= 0.3 is 0 Å². The van der Waals surface area contributed by atoms with Gasteiger partial charge in [-0.15, -0.1) is 0 Å². The molecule has 272 valence electrons. The van der Waals surface area contributed by atoms with Gasteiger partial charge in [0, 0.05) is 33.3 Å². The summed E-state index contributed by atoms with van der Waals surface area (Å²) in [6.07, 6.45) is 0. The highest BCUT2D eigenvalue weighted by molar-refractivity contribution is 6.17. The summed E-state index contributed by atoms with van der Waals surface area (Å²) in [4.78, 5) is 2.46. The van der Waals surface area contributed by atoms with Gasteiger partial charge in [-0.25, -0.2) is 0 Å². The highest BCUT2D eigenvalue weighted by atomic mass is 15.1. The lowest BCUT2D eigenvalue weighted by atomic mass is 9.95. The van der Waals surface area contributed by atoms with E-state index in [0.717, 1.165) is 28.3 Å². The molecule has 1 heterocycles. The van der Waals surface area contributed by atoms with Gasteiger partial charge in [0.1, 0.15) is 0 Å². The first kappa shape index (κ1) is 33.6. The number of aromatic nitrogens is 1. The Morgan fingerprint density at radius 3 is 1.69 bits per heavy atom. The molecule has 2 heteroatoms. The Labute approximate surface area is 338 Å². The third kappa shape index (κ3) is 5.66. The average molecular weight is 739 g/mol. The van der Waals surface area contributed by atoms with Crippen LogP contribution in [0.15, 0.2) is 231 Å². The van der Waals surface area contributed by atoms with E-state index in [-0.39, 0.29) is 0 Å². The molecule has 0 bridgehead atoms. The lowest BCUT2D eigenvalue weighted by Crippen LogP contribution is -2.12. The van der Waals surface area contributed by atoms with E-state index in [1.54, 1.807) is 0 Å². The minimum Gasteiger partial charge on any atom is -0.309 e. The summed E-state index contributed by atoms with van der Waals surface area (Å²) in [5, 5.41) is 7.43. The van der Waals surface area contributed by atoms with Crippen molar-refractivity contribution in [3.05, 3.63) is 231 Å². The normalized spacial score (nSPS) is 11.4. The SMILES string of the molecule is c1ccc(-n2c3ccccc3c3c(-c4ccccc4N(c4ccc(-c5cccc6ccccc56)cc4)c4ccccc4-c4ccc5ccccc5c4)cccc32)cc1.